The van der Waals surface area contributed by atoms with Gasteiger partial charge in [0.2, 0.25) is 10.0 Å². The van der Waals surface area contributed by atoms with Crippen molar-refractivity contribution in [2.24, 2.45) is 0 Å². The molecule has 3 N–H and O–H groups in total. The summed E-state index contributed by atoms with van der Waals surface area (Å²) in [5.74, 6) is -1.04. The van der Waals surface area contributed by atoms with Crippen molar-refractivity contribution < 1.29 is 18.3 Å². The predicted octanol–water partition coefficient (Wildman–Crippen LogP) is 4.29. The highest BCUT2D eigenvalue weighted by atomic mass is 32.2. The number of H-pyrrole nitrogens is 1. The lowest BCUT2D eigenvalue weighted by Gasteiger charge is -2.21. The Morgan fingerprint density at radius 1 is 1.15 bits per heavy atom. The molecule has 0 amide bonds. The van der Waals surface area contributed by atoms with Gasteiger partial charge in [-0.3, -0.25) is 4.79 Å². The minimum absolute atomic E-state index is 0.0393. The number of nitrogens with one attached hydrogen (secondary N) is 2. The van der Waals surface area contributed by atoms with Crippen LogP contribution in [0.15, 0.2) is 53.6 Å². The highest BCUT2D eigenvalue weighted by molar-refractivity contribution is 7.89. The molecule has 2 atom stereocenters. The fourth-order valence-electron chi connectivity index (χ4n) is 4.25. The summed E-state index contributed by atoms with van der Waals surface area (Å²) in [5.41, 5.74) is 3.15. The van der Waals surface area contributed by atoms with Crippen LogP contribution in [0.5, 0.6) is 0 Å². The number of carboxylic acid groups (broad SMARTS) is 1. The Morgan fingerprint density at radius 2 is 1.85 bits per heavy atom. The molecule has 34 heavy (non-hydrogen) atoms. The second-order valence-corrected chi connectivity index (χ2v) is 10.5. The van der Waals surface area contributed by atoms with Gasteiger partial charge in [-0.15, -0.1) is 0 Å². The average Bonchev–Trinajstić information content (AvgIpc) is 3.22. The maximum absolute atomic E-state index is 13.3. The second kappa shape index (κ2) is 11.2. The summed E-state index contributed by atoms with van der Waals surface area (Å²) in [4.78, 5) is 17.6. The number of aliphatic carboxylic acids is 1. The van der Waals surface area contributed by atoms with E-state index in [0.29, 0.717) is 5.56 Å². The van der Waals surface area contributed by atoms with E-state index in [1.807, 2.05) is 30.3 Å². The van der Waals surface area contributed by atoms with Gasteiger partial charge in [0.05, 0.1) is 4.90 Å². The van der Waals surface area contributed by atoms with Gasteiger partial charge in [0.1, 0.15) is 6.04 Å². The van der Waals surface area contributed by atoms with E-state index < -0.39 is 22.0 Å². The summed E-state index contributed by atoms with van der Waals surface area (Å²) in [6.45, 7) is 11.0. The van der Waals surface area contributed by atoms with Crippen molar-refractivity contribution in [2.45, 2.75) is 57.4 Å². The molecule has 0 aliphatic carbocycles. The van der Waals surface area contributed by atoms with Crippen LogP contribution in [-0.4, -0.2) is 55.1 Å². The van der Waals surface area contributed by atoms with Crippen molar-refractivity contribution in [3.63, 3.8) is 0 Å². The number of hydrogen-bond acceptors (Lipinski definition) is 4. The van der Waals surface area contributed by atoms with Crippen LogP contribution in [0.1, 0.15) is 49.8 Å². The van der Waals surface area contributed by atoms with E-state index in [1.165, 1.54) is 0 Å². The summed E-state index contributed by atoms with van der Waals surface area (Å²) in [6.07, 6.45) is 2.69. The summed E-state index contributed by atoms with van der Waals surface area (Å²) in [7, 11) is -4.04. The first-order valence-corrected chi connectivity index (χ1v) is 13.3. The molecule has 0 saturated carbocycles. The number of fused-ring (bicyclic) bond motifs is 1. The Labute approximate surface area is 202 Å². The first-order valence-electron chi connectivity index (χ1n) is 11.8. The molecular formula is C26H35N3O4S. The highest BCUT2D eigenvalue weighted by Crippen LogP contribution is 2.26. The van der Waals surface area contributed by atoms with Gasteiger partial charge in [0.15, 0.2) is 0 Å². The molecule has 1 aromatic heterocycles. The Kier molecular flexibility index (Phi) is 8.52. The number of carboxylic acids is 1. The summed E-state index contributed by atoms with van der Waals surface area (Å²) in [6, 6.07) is 11.7. The van der Waals surface area contributed by atoms with Crippen LogP contribution in [-0.2, 0) is 21.2 Å². The topological polar surface area (TPSA) is 103 Å². The fourth-order valence-corrected chi connectivity index (χ4v) is 5.71. The second-order valence-electron chi connectivity index (χ2n) is 8.82. The van der Waals surface area contributed by atoms with Crippen molar-refractivity contribution in [1.29, 1.82) is 0 Å². The third kappa shape index (κ3) is 6.05. The first-order chi connectivity index (χ1) is 16.2. The predicted molar refractivity (Wildman–Crippen MR) is 136 cm³/mol. The van der Waals surface area contributed by atoms with Crippen LogP contribution < -0.4 is 4.72 Å². The number of sulfonamides is 1. The number of aryl methyl sites for hydroxylation is 1. The minimum atomic E-state index is -4.04. The average molecular weight is 486 g/mol. The van der Waals surface area contributed by atoms with E-state index in [9.17, 15) is 18.3 Å². The quantitative estimate of drug-likeness (QED) is 0.355. The van der Waals surface area contributed by atoms with E-state index in [-0.39, 0.29) is 17.2 Å². The zero-order valence-corrected chi connectivity index (χ0v) is 21.2. The number of nitrogens with zero attached hydrogens (tertiary/aromatic N) is 1. The molecule has 0 saturated heterocycles. The molecule has 0 aliphatic rings. The molecule has 184 valence electrons. The molecule has 3 aromatic rings. The van der Waals surface area contributed by atoms with Gasteiger partial charge < -0.3 is 15.0 Å². The maximum atomic E-state index is 13.3. The van der Waals surface area contributed by atoms with E-state index in [0.717, 1.165) is 48.1 Å². The molecule has 7 nitrogen and oxygen atoms in total. The lowest BCUT2D eigenvalue weighted by atomic mass is 9.96. The number of aromatic amines is 1. The van der Waals surface area contributed by atoms with Gasteiger partial charge in [-0.25, -0.2) is 8.42 Å². The van der Waals surface area contributed by atoms with Crippen molar-refractivity contribution in [3.8, 4) is 0 Å². The molecule has 0 bridgehead atoms. The SMILES string of the molecule is CCN(CC)CCC(C)c1ccc(C)c(S(=O)(=O)NC(Cc2c[nH]c3ccccc23)C(=O)O)c1. The Morgan fingerprint density at radius 3 is 2.53 bits per heavy atom. The molecule has 8 heteroatoms. The smallest absolute Gasteiger partial charge is 0.322 e. The molecule has 0 spiro atoms. The van der Waals surface area contributed by atoms with Crippen molar-refractivity contribution in [2.75, 3.05) is 19.6 Å². The van der Waals surface area contributed by atoms with E-state index in [2.05, 4.69) is 35.4 Å². The first kappa shape index (κ1) is 25.9. The zero-order chi connectivity index (χ0) is 24.9. The van der Waals surface area contributed by atoms with Crippen molar-refractivity contribution in [1.82, 2.24) is 14.6 Å². The molecule has 2 aromatic carbocycles. The third-order valence-corrected chi connectivity index (χ3v) is 8.15. The van der Waals surface area contributed by atoms with Gasteiger partial charge in [0.25, 0.3) is 0 Å². The van der Waals surface area contributed by atoms with Crippen LogP contribution in [0.2, 0.25) is 0 Å². The monoisotopic (exact) mass is 485 g/mol. The standard InChI is InChI=1S/C26H35N3O4S/c1-5-29(6-2)14-13-18(3)20-12-11-19(4)25(16-20)34(32,33)28-24(26(30)31)15-21-17-27-23-10-8-7-9-22(21)23/h7-12,16-18,24,27-28H,5-6,13-15H2,1-4H3,(H,30,31). The van der Waals surface area contributed by atoms with Crippen molar-refractivity contribution in [3.05, 3.63) is 65.4 Å². The Bertz CT molecular complexity index is 1230. The van der Waals surface area contributed by atoms with Crippen LogP contribution in [0.25, 0.3) is 10.9 Å². The lowest BCUT2D eigenvalue weighted by Crippen LogP contribution is -2.42. The molecule has 0 radical (unpaired) electrons. The number of hydrogen-bond donors (Lipinski definition) is 3. The van der Waals surface area contributed by atoms with Crippen LogP contribution >= 0.6 is 0 Å². The van der Waals surface area contributed by atoms with Gasteiger partial charge in [-0.05, 0) is 67.7 Å². The van der Waals surface area contributed by atoms with Gasteiger partial charge >= 0.3 is 5.97 Å². The number of para-hydroxylation sites is 1. The summed E-state index contributed by atoms with van der Waals surface area (Å²) in [5, 5.41) is 10.7. The Hall–Kier alpha value is -2.68. The number of rotatable bonds is 12. The number of carbonyl (C=O) groups is 1. The molecule has 0 fully saturated rings. The molecule has 3 rings (SSSR count). The third-order valence-electron chi connectivity index (χ3n) is 6.54. The fraction of sp³-hybridized carbons (Fsp3) is 0.423. The highest BCUT2D eigenvalue weighted by Gasteiger charge is 2.28. The molecule has 1 heterocycles. The lowest BCUT2D eigenvalue weighted by molar-refractivity contribution is -0.138. The van der Waals surface area contributed by atoms with Crippen LogP contribution in [0, 0.1) is 6.92 Å². The molecule has 2 unspecified atom stereocenters. The van der Waals surface area contributed by atoms with Crippen LogP contribution in [0.4, 0.5) is 0 Å². The van der Waals surface area contributed by atoms with E-state index in [1.54, 1.807) is 25.3 Å². The summed E-state index contributed by atoms with van der Waals surface area (Å²) < 4.78 is 29.0. The van der Waals surface area contributed by atoms with Crippen molar-refractivity contribution >= 4 is 26.9 Å². The van der Waals surface area contributed by atoms with E-state index in [4.69, 9.17) is 0 Å². The maximum Gasteiger partial charge on any atom is 0.322 e. The van der Waals surface area contributed by atoms with Gasteiger partial charge in [-0.1, -0.05) is 51.1 Å². The zero-order valence-electron chi connectivity index (χ0n) is 20.3. The normalized spacial score (nSPS) is 13.9. The minimum Gasteiger partial charge on any atom is -0.480 e. The summed E-state index contributed by atoms with van der Waals surface area (Å²) >= 11 is 0. The van der Waals surface area contributed by atoms with Crippen LogP contribution in [0.3, 0.4) is 0 Å². The van der Waals surface area contributed by atoms with Gasteiger partial charge in [0, 0.05) is 23.5 Å². The number of benzene rings is 2. The Balaban J connectivity index is 1.82. The largest absolute Gasteiger partial charge is 0.480 e. The van der Waals surface area contributed by atoms with Gasteiger partial charge in [-0.2, -0.15) is 4.72 Å². The van der Waals surface area contributed by atoms with E-state index >= 15 is 0 Å². The number of aromatic nitrogens is 1. The molecule has 0 aliphatic heterocycles. The molecular weight excluding hydrogens is 450 g/mol.